The number of hydrogen-bond acceptors (Lipinski definition) is 7. The summed E-state index contributed by atoms with van der Waals surface area (Å²) < 4.78 is 10.3. The van der Waals surface area contributed by atoms with Crippen LogP contribution < -0.4 is 9.47 Å². The quantitative estimate of drug-likeness (QED) is 0.122. The fraction of sp³-hybridized carbons (Fsp3) is 0.0357. The molecule has 0 aliphatic rings. The monoisotopic (exact) mass is 484 g/mol. The molecule has 6 nitrogen and oxygen atoms in total. The maximum absolute atomic E-state index is 12.9. The SMILES string of the molecule is C=CC(=O)Oc1ccc2c(ccc3cc(C(=O)Sc4ccc(OC(=O)C(=C)CO)cc4)ccc32)c1. The lowest BCUT2D eigenvalue weighted by molar-refractivity contribution is -0.131. The number of rotatable bonds is 7. The highest BCUT2D eigenvalue weighted by molar-refractivity contribution is 8.14. The standard InChI is InChI=1S/C28H20O6S/c1-3-26(30)33-22-9-13-25-19(15-22)5-4-18-14-20(6-12-24(18)25)28(32)35-23-10-7-21(8-11-23)34-27(31)17(2)16-29/h3-15,29H,1-2,16H2. The molecular weight excluding hydrogens is 464 g/mol. The first kappa shape index (κ1) is 23.9. The van der Waals surface area contributed by atoms with Gasteiger partial charge in [-0.25, -0.2) is 9.59 Å². The predicted octanol–water partition coefficient (Wildman–Crippen LogP) is 5.47. The number of aliphatic hydroxyl groups excluding tert-OH is 1. The van der Waals surface area contributed by atoms with Crippen LogP contribution in [0.1, 0.15) is 10.4 Å². The minimum Gasteiger partial charge on any atom is -0.423 e. The Morgan fingerprint density at radius 3 is 2.11 bits per heavy atom. The highest BCUT2D eigenvalue weighted by Gasteiger charge is 2.12. The zero-order valence-corrected chi connectivity index (χ0v) is 19.3. The summed E-state index contributed by atoms with van der Waals surface area (Å²) >= 11 is 1.06. The van der Waals surface area contributed by atoms with Gasteiger partial charge in [-0.1, -0.05) is 37.4 Å². The summed E-state index contributed by atoms with van der Waals surface area (Å²) in [5.74, 6) is -0.499. The van der Waals surface area contributed by atoms with Crippen LogP contribution in [0.4, 0.5) is 0 Å². The largest absolute Gasteiger partial charge is 0.423 e. The Hall–Kier alpha value is -4.20. The van der Waals surface area contributed by atoms with E-state index in [0.717, 1.165) is 39.4 Å². The molecule has 4 aromatic carbocycles. The molecule has 0 heterocycles. The number of fused-ring (bicyclic) bond motifs is 3. The van der Waals surface area contributed by atoms with E-state index in [4.69, 9.17) is 14.6 Å². The third-order valence-electron chi connectivity index (χ3n) is 5.15. The molecule has 4 aromatic rings. The van der Waals surface area contributed by atoms with Gasteiger partial charge in [-0.2, -0.15) is 0 Å². The van der Waals surface area contributed by atoms with Gasteiger partial charge >= 0.3 is 11.9 Å². The summed E-state index contributed by atoms with van der Waals surface area (Å²) in [5, 5.41) is 12.6. The van der Waals surface area contributed by atoms with Crippen LogP contribution >= 0.6 is 11.8 Å². The molecule has 0 amide bonds. The number of thioether (sulfide) groups is 1. The molecule has 0 unspecified atom stereocenters. The molecule has 0 saturated carbocycles. The van der Waals surface area contributed by atoms with Gasteiger partial charge in [0.05, 0.1) is 12.2 Å². The van der Waals surface area contributed by atoms with Crippen LogP contribution in [0.2, 0.25) is 0 Å². The second-order valence-corrected chi connectivity index (χ2v) is 8.57. The van der Waals surface area contributed by atoms with E-state index in [1.165, 1.54) is 0 Å². The molecule has 0 aliphatic heterocycles. The third-order valence-corrected chi connectivity index (χ3v) is 6.08. The minimum absolute atomic E-state index is 0.0423. The van der Waals surface area contributed by atoms with Crippen molar-refractivity contribution in [2.24, 2.45) is 0 Å². The number of hydrogen-bond donors (Lipinski definition) is 1. The highest BCUT2D eigenvalue weighted by atomic mass is 32.2. The van der Waals surface area contributed by atoms with Gasteiger partial charge in [0, 0.05) is 16.5 Å². The van der Waals surface area contributed by atoms with Gasteiger partial charge in [-0.3, -0.25) is 4.79 Å². The lowest BCUT2D eigenvalue weighted by Gasteiger charge is -2.09. The van der Waals surface area contributed by atoms with Crippen molar-refractivity contribution in [3.05, 3.63) is 103 Å². The Kier molecular flexibility index (Phi) is 7.10. The molecule has 0 aromatic heterocycles. The zero-order valence-electron chi connectivity index (χ0n) is 18.5. The van der Waals surface area contributed by atoms with Crippen LogP contribution in [-0.2, 0) is 9.59 Å². The molecule has 0 radical (unpaired) electrons. The maximum Gasteiger partial charge on any atom is 0.341 e. The summed E-state index contributed by atoms with van der Waals surface area (Å²) in [6, 6.07) is 21.2. The van der Waals surface area contributed by atoms with Crippen LogP contribution in [0.3, 0.4) is 0 Å². The number of carbonyl (C=O) groups is 3. The number of benzene rings is 4. The van der Waals surface area contributed by atoms with E-state index in [1.54, 1.807) is 42.5 Å². The molecule has 1 N–H and O–H groups in total. The normalized spacial score (nSPS) is 10.7. The number of carbonyl (C=O) groups excluding carboxylic acids is 3. The summed E-state index contributed by atoms with van der Waals surface area (Å²) in [7, 11) is 0. The maximum atomic E-state index is 12.9. The van der Waals surface area contributed by atoms with Gasteiger partial charge < -0.3 is 14.6 Å². The Morgan fingerprint density at radius 1 is 0.829 bits per heavy atom. The topological polar surface area (TPSA) is 89.9 Å². The van der Waals surface area contributed by atoms with Crippen molar-refractivity contribution in [3.63, 3.8) is 0 Å². The molecule has 0 atom stereocenters. The second-order valence-electron chi connectivity index (χ2n) is 7.52. The number of aliphatic hydroxyl groups is 1. The van der Waals surface area contributed by atoms with Crippen molar-refractivity contribution in [1.82, 2.24) is 0 Å². The average Bonchev–Trinajstić information content (AvgIpc) is 2.88. The molecule has 7 heteroatoms. The van der Waals surface area contributed by atoms with Crippen LogP contribution in [0.5, 0.6) is 11.5 Å². The Labute approximate surface area is 205 Å². The van der Waals surface area contributed by atoms with Gasteiger partial charge in [0.1, 0.15) is 11.5 Å². The van der Waals surface area contributed by atoms with E-state index in [9.17, 15) is 14.4 Å². The smallest absolute Gasteiger partial charge is 0.341 e. The molecular formula is C28H20O6S. The van der Waals surface area contributed by atoms with Crippen LogP contribution in [0.15, 0.2) is 102 Å². The molecule has 0 spiro atoms. The van der Waals surface area contributed by atoms with Crippen LogP contribution in [-0.4, -0.2) is 28.8 Å². The van der Waals surface area contributed by atoms with Gasteiger partial charge in [-0.05, 0) is 81.8 Å². The lowest BCUT2D eigenvalue weighted by Crippen LogP contribution is -2.12. The zero-order chi connectivity index (χ0) is 24.9. The molecule has 4 rings (SSSR count). The Morgan fingerprint density at radius 2 is 1.46 bits per heavy atom. The van der Waals surface area contributed by atoms with E-state index >= 15 is 0 Å². The van der Waals surface area contributed by atoms with Crippen molar-refractivity contribution in [3.8, 4) is 11.5 Å². The van der Waals surface area contributed by atoms with E-state index in [0.29, 0.717) is 22.0 Å². The number of esters is 2. The van der Waals surface area contributed by atoms with E-state index in [2.05, 4.69) is 13.2 Å². The van der Waals surface area contributed by atoms with Crippen molar-refractivity contribution in [1.29, 1.82) is 0 Å². The fourth-order valence-corrected chi connectivity index (χ4v) is 4.11. The van der Waals surface area contributed by atoms with Gasteiger partial charge in [0.25, 0.3) is 0 Å². The lowest BCUT2D eigenvalue weighted by atomic mass is 10.0. The van der Waals surface area contributed by atoms with Crippen LogP contribution in [0, 0.1) is 0 Å². The van der Waals surface area contributed by atoms with E-state index < -0.39 is 18.5 Å². The predicted molar refractivity (Wildman–Crippen MR) is 136 cm³/mol. The van der Waals surface area contributed by atoms with Gasteiger partial charge in [0.15, 0.2) is 0 Å². The second kappa shape index (κ2) is 10.4. The van der Waals surface area contributed by atoms with Gasteiger partial charge in [-0.15, -0.1) is 0 Å². The van der Waals surface area contributed by atoms with E-state index in [-0.39, 0.29) is 10.7 Å². The molecule has 35 heavy (non-hydrogen) atoms. The first-order valence-electron chi connectivity index (χ1n) is 10.5. The van der Waals surface area contributed by atoms with E-state index in [1.807, 2.05) is 30.3 Å². The molecule has 0 fully saturated rings. The Balaban J connectivity index is 1.51. The van der Waals surface area contributed by atoms with Crippen LogP contribution in [0.25, 0.3) is 21.5 Å². The molecule has 174 valence electrons. The third kappa shape index (κ3) is 5.48. The highest BCUT2D eigenvalue weighted by Crippen LogP contribution is 2.31. The Bertz CT molecular complexity index is 1490. The molecule has 0 saturated heterocycles. The summed E-state index contributed by atoms with van der Waals surface area (Å²) in [6.45, 7) is 6.34. The van der Waals surface area contributed by atoms with Crippen molar-refractivity contribution >= 4 is 50.4 Å². The first-order valence-corrected chi connectivity index (χ1v) is 11.3. The van der Waals surface area contributed by atoms with Gasteiger partial charge in [0.2, 0.25) is 5.12 Å². The molecule has 0 bridgehead atoms. The average molecular weight is 485 g/mol. The number of ether oxygens (including phenoxy) is 2. The summed E-state index contributed by atoms with van der Waals surface area (Å²) in [5.41, 5.74) is 0.507. The first-order chi connectivity index (χ1) is 16.9. The van der Waals surface area contributed by atoms with Crippen molar-refractivity contribution in [2.75, 3.05) is 6.61 Å². The minimum atomic E-state index is -0.707. The summed E-state index contributed by atoms with van der Waals surface area (Å²) in [4.78, 5) is 36.7. The molecule has 0 aliphatic carbocycles. The van der Waals surface area contributed by atoms with Crippen molar-refractivity contribution < 1.29 is 29.0 Å². The fourth-order valence-electron chi connectivity index (χ4n) is 3.38. The summed E-state index contributed by atoms with van der Waals surface area (Å²) in [6.07, 6.45) is 1.11. The van der Waals surface area contributed by atoms with Crippen molar-refractivity contribution in [2.45, 2.75) is 4.90 Å².